The minimum absolute atomic E-state index is 0.0795. The number of rotatable bonds is 1. The van der Waals surface area contributed by atoms with Gasteiger partial charge in [-0.3, -0.25) is 0 Å². The molecule has 0 amide bonds. The molecule has 0 saturated carbocycles. The molecule has 0 aliphatic heterocycles. The molecule has 0 radical (unpaired) electrons. The van der Waals surface area contributed by atoms with E-state index in [4.69, 9.17) is 15.8 Å². The van der Waals surface area contributed by atoms with Crippen molar-refractivity contribution in [2.24, 2.45) is 0 Å². The molecule has 0 bridgehead atoms. The molecule has 2 aromatic rings. The number of hydrogen-bond acceptors (Lipinski definition) is 5. The molecule has 0 spiro atoms. The highest BCUT2D eigenvalue weighted by molar-refractivity contribution is 7.28. The number of thiophene rings is 1. The molecule has 0 aliphatic rings. The van der Waals surface area contributed by atoms with Crippen molar-refractivity contribution in [2.45, 2.75) is 0 Å². The number of benzene rings is 1. The molecule has 1 aromatic carbocycles. The van der Waals surface area contributed by atoms with E-state index in [0.29, 0.717) is 10.5 Å². The zero-order valence-electron chi connectivity index (χ0n) is 7.14. The fourth-order valence-corrected chi connectivity index (χ4v) is 2.30. The number of nitrogen functional groups attached to an aromatic ring is 1. The van der Waals surface area contributed by atoms with E-state index in [-0.39, 0.29) is 5.75 Å². The first-order valence-electron chi connectivity index (χ1n) is 3.96. The Morgan fingerprint density at radius 1 is 1.21 bits per heavy atom. The summed E-state index contributed by atoms with van der Waals surface area (Å²) in [5.41, 5.74) is 6.09. The minimum Gasteiger partial charge on any atom is -0.508 e. The van der Waals surface area contributed by atoms with Crippen LogP contribution < -0.4 is 10.5 Å². The summed E-state index contributed by atoms with van der Waals surface area (Å²) in [5.74, 6) is 0.0795. The SMILES string of the molecule is Nc1cc(O)cc2sc(B(O)O)cc12. The van der Waals surface area contributed by atoms with E-state index in [9.17, 15) is 5.11 Å². The fraction of sp³-hybridized carbons (Fsp3) is 0. The van der Waals surface area contributed by atoms with Gasteiger partial charge in [0.1, 0.15) is 5.75 Å². The Bertz CT molecular complexity index is 483. The first kappa shape index (κ1) is 9.33. The molecule has 1 heterocycles. The minimum atomic E-state index is -1.49. The maximum Gasteiger partial charge on any atom is 0.499 e. The van der Waals surface area contributed by atoms with Gasteiger partial charge in [-0.15, -0.1) is 11.3 Å². The van der Waals surface area contributed by atoms with Gasteiger partial charge in [-0.25, -0.2) is 0 Å². The van der Waals surface area contributed by atoms with Crippen molar-refractivity contribution in [2.75, 3.05) is 5.73 Å². The van der Waals surface area contributed by atoms with Gasteiger partial charge in [-0.2, -0.15) is 0 Å². The van der Waals surface area contributed by atoms with E-state index in [2.05, 4.69) is 0 Å². The van der Waals surface area contributed by atoms with Crippen molar-refractivity contribution in [1.82, 2.24) is 0 Å². The van der Waals surface area contributed by atoms with Gasteiger partial charge in [0.15, 0.2) is 0 Å². The van der Waals surface area contributed by atoms with Gasteiger partial charge in [-0.05, 0) is 12.1 Å². The van der Waals surface area contributed by atoms with Crippen LogP contribution in [0, 0.1) is 0 Å². The summed E-state index contributed by atoms with van der Waals surface area (Å²) < 4.78 is 1.16. The predicted molar refractivity (Wildman–Crippen MR) is 57.7 cm³/mol. The van der Waals surface area contributed by atoms with Crippen molar-refractivity contribution >= 4 is 39.0 Å². The Labute approximate surface area is 84.4 Å². The number of nitrogens with two attached hydrogens (primary N) is 1. The van der Waals surface area contributed by atoms with Crippen molar-refractivity contribution < 1.29 is 15.2 Å². The van der Waals surface area contributed by atoms with Crippen LogP contribution in [0.4, 0.5) is 5.69 Å². The monoisotopic (exact) mass is 209 g/mol. The molecule has 0 atom stereocenters. The summed E-state index contributed by atoms with van der Waals surface area (Å²) >= 11 is 1.19. The lowest BCUT2D eigenvalue weighted by atomic mass is 9.89. The molecular formula is C8H8BNO3S. The largest absolute Gasteiger partial charge is 0.508 e. The van der Waals surface area contributed by atoms with Gasteiger partial charge in [0.2, 0.25) is 0 Å². The molecule has 6 heteroatoms. The number of phenolic OH excluding ortho intramolecular Hbond substituents is 1. The molecule has 5 N–H and O–H groups in total. The second kappa shape index (κ2) is 3.16. The first-order chi connectivity index (χ1) is 6.58. The normalized spacial score (nSPS) is 10.7. The van der Waals surface area contributed by atoms with Gasteiger partial charge in [0.25, 0.3) is 0 Å². The number of hydrogen-bond donors (Lipinski definition) is 4. The van der Waals surface area contributed by atoms with E-state index < -0.39 is 7.12 Å². The van der Waals surface area contributed by atoms with Crippen LogP contribution in [0.15, 0.2) is 18.2 Å². The summed E-state index contributed by atoms with van der Waals surface area (Å²) in [7, 11) is -1.49. The Hall–Kier alpha value is -1.24. The Balaban J connectivity index is 2.70. The van der Waals surface area contributed by atoms with E-state index >= 15 is 0 Å². The Morgan fingerprint density at radius 2 is 1.93 bits per heavy atom. The molecule has 72 valence electrons. The number of phenols is 1. The lowest BCUT2D eigenvalue weighted by molar-refractivity contribution is 0.427. The van der Waals surface area contributed by atoms with Crippen LogP contribution in [0.3, 0.4) is 0 Å². The van der Waals surface area contributed by atoms with Gasteiger partial charge in [0, 0.05) is 26.6 Å². The van der Waals surface area contributed by atoms with Crippen LogP contribution in [0.25, 0.3) is 10.1 Å². The zero-order chi connectivity index (χ0) is 10.3. The molecule has 0 fully saturated rings. The van der Waals surface area contributed by atoms with Gasteiger partial charge in [-0.1, -0.05) is 0 Å². The summed E-state index contributed by atoms with van der Waals surface area (Å²) in [5, 5.41) is 27.9. The van der Waals surface area contributed by atoms with Crippen LogP contribution in [0.5, 0.6) is 5.75 Å². The van der Waals surface area contributed by atoms with Gasteiger partial charge in [0.05, 0.1) is 0 Å². The molecule has 0 aliphatic carbocycles. The summed E-state index contributed by atoms with van der Waals surface area (Å²) in [6, 6.07) is 4.59. The molecule has 4 nitrogen and oxygen atoms in total. The topological polar surface area (TPSA) is 86.7 Å². The molecule has 0 saturated heterocycles. The first-order valence-corrected chi connectivity index (χ1v) is 4.77. The average Bonchev–Trinajstić information content (AvgIpc) is 2.47. The second-order valence-corrected chi connectivity index (χ2v) is 4.08. The van der Waals surface area contributed by atoms with Crippen molar-refractivity contribution in [3.8, 4) is 5.75 Å². The van der Waals surface area contributed by atoms with E-state index in [0.717, 1.165) is 10.1 Å². The maximum absolute atomic E-state index is 9.26. The highest BCUT2D eigenvalue weighted by atomic mass is 32.1. The van der Waals surface area contributed by atoms with Crippen LogP contribution in [0.1, 0.15) is 0 Å². The summed E-state index contributed by atoms with van der Waals surface area (Å²) in [6.07, 6.45) is 0. The third kappa shape index (κ3) is 1.43. The third-order valence-electron chi connectivity index (χ3n) is 1.93. The maximum atomic E-state index is 9.26. The zero-order valence-corrected chi connectivity index (χ0v) is 7.95. The molecule has 1 aromatic heterocycles. The fourth-order valence-electron chi connectivity index (χ4n) is 1.30. The van der Waals surface area contributed by atoms with Gasteiger partial charge < -0.3 is 20.9 Å². The quantitative estimate of drug-likeness (QED) is 0.389. The number of aromatic hydroxyl groups is 1. The Kier molecular flexibility index (Phi) is 2.11. The molecule has 14 heavy (non-hydrogen) atoms. The average molecular weight is 209 g/mol. The standard InChI is InChI=1S/C8H8BNO3S/c10-6-1-4(11)2-7-5(6)3-8(14-7)9(12)13/h1-3,11-13H,10H2. The van der Waals surface area contributed by atoms with Crippen LogP contribution >= 0.6 is 11.3 Å². The highest BCUT2D eigenvalue weighted by Gasteiger charge is 2.15. The van der Waals surface area contributed by atoms with E-state index in [1.165, 1.54) is 17.4 Å². The van der Waals surface area contributed by atoms with Crippen molar-refractivity contribution in [3.63, 3.8) is 0 Å². The van der Waals surface area contributed by atoms with Crippen molar-refractivity contribution in [3.05, 3.63) is 18.2 Å². The summed E-state index contributed by atoms with van der Waals surface area (Å²) in [6.45, 7) is 0. The van der Waals surface area contributed by atoms with Crippen molar-refractivity contribution in [1.29, 1.82) is 0 Å². The number of anilines is 1. The van der Waals surface area contributed by atoms with Gasteiger partial charge >= 0.3 is 7.12 Å². The Morgan fingerprint density at radius 3 is 2.57 bits per heavy atom. The number of fused-ring (bicyclic) bond motifs is 1. The van der Waals surface area contributed by atoms with E-state index in [1.807, 2.05) is 0 Å². The lowest BCUT2D eigenvalue weighted by Gasteiger charge is -1.96. The predicted octanol–water partition coefficient (Wildman–Crippen LogP) is -0.131. The molecule has 2 rings (SSSR count). The van der Waals surface area contributed by atoms with Crippen LogP contribution in [-0.4, -0.2) is 22.3 Å². The second-order valence-electron chi connectivity index (χ2n) is 2.97. The lowest BCUT2D eigenvalue weighted by Crippen LogP contribution is -2.26. The third-order valence-corrected chi connectivity index (χ3v) is 3.05. The highest BCUT2D eigenvalue weighted by Crippen LogP contribution is 2.29. The van der Waals surface area contributed by atoms with Crippen LogP contribution in [-0.2, 0) is 0 Å². The molecule has 0 unspecified atom stereocenters. The molecular weight excluding hydrogens is 201 g/mol. The van der Waals surface area contributed by atoms with Crippen LogP contribution in [0.2, 0.25) is 0 Å². The van der Waals surface area contributed by atoms with E-state index in [1.54, 1.807) is 12.1 Å². The summed E-state index contributed by atoms with van der Waals surface area (Å²) in [4.78, 5) is 0. The smallest absolute Gasteiger partial charge is 0.499 e.